The summed E-state index contributed by atoms with van der Waals surface area (Å²) in [5.41, 5.74) is 5.44. The number of carbonyl (C=O) groups is 1. The summed E-state index contributed by atoms with van der Waals surface area (Å²) in [5, 5.41) is 6.79. The van der Waals surface area contributed by atoms with Gasteiger partial charge in [0.25, 0.3) is 10.0 Å². The summed E-state index contributed by atoms with van der Waals surface area (Å²) in [7, 11) is -2.56. The largest absolute Gasteiger partial charge is 0.481 e. The van der Waals surface area contributed by atoms with Gasteiger partial charge in [-0.15, -0.1) is 0 Å². The van der Waals surface area contributed by atoms with Gasteiger partial charge >= 0.3 is 6.03 Å². The van der Waals surface area contributed by atoms with Gasteiger partial charge in [0.2, 0.25) is 5.88 Å². The van der Waals surface area contributed by atoms with E-state index >= 15 is 0 Å². The molecule has 0 spiro atoms. The van der Waals surface area contributed by atoms with Gasteiger partial charge in [0.05, 0.1) is 18.8 Å². The minimum atomic E-state index is -4.10. The maximum atomic E-state index is 12.9. The number of hydrogen-bond acceptors (Lipinski definition) is 6. The molecule has 9 nitrogen and oxygen atoms in total. The minimum Gasteiger partial charge on any atom is -0.481 e. The van der Waals surface area contributed by atoms with E-state index in [2.05, 4.69) is 26.2 Å². The Labute approximate surface area is 192 Å². The van der Waals surface area contributed by atoms with Gasteiger partial charge < -0.3 is 10.1 Å². The number of methoxy groups -OCH3 is 1. The number of aromatic nitrogens is 3. The highest BCUT2D eigenvalue weighted by molar-refractivity contribution is 7.90. The average molecular weight is 468 g/mol. The summed E-state index contributed by atoms with van der Waals surface area (Å²) < 4.78 is 34.5. The Kier molecular flexibility index (Phi) is 5.32. The van der Waals surface area contributed by atoms with Gasteiger partial charge in [0.1, 0.15) is 0 Å². The molecular formula is C23H25N5O4S. The molecule has 0 atom stereocenters. The number of aryl methyl sites for hydroxylation is 2. The maximum Gasteiger partial charge on any atom is 0.333 e. The first-order valence-corrected chi connectivity index (χ1v) is 12.4. The summed E-state index contributed by atoms with van der Waals surface area (Å²) in [4.78, 5) is 17.1. The molecule has 0 saturated heterocycles. The highest BCUT2D eigenvalue weighted by Gasteiger charge is 2.28. The molecule has 10 heteroatoms. The topological polar surface area (TPSA) is 115 Å². The van der Waals surface area contributed by atoms with Crippen LogP contribution in [0.5, 0.6) is 5.88 Å². The lowest BCUT2D eigenvalue weighted by molar-refractivity contribution is 0.256. The lowest BCUT2D eigenvalue weighted by atomic mass is 9.93. The van der Waals surface area contributed by atoms with Crippen molar-refractivity contribution in [3.8, 4) is 17.0 Å². The monoisotopic (exact) mass is 467 g/mol. The van der Waals surface area contributed by atoms with E-state index in [0.29, 0.717) is 11.6 Å². The average Bonchev–Trinajstić information content (AvgIpc) is 3.30. The Morgan fingerprint density at radius 2 is 2.03 bits per heavy atom. The zero-order chi connectivity index (χ0) is 23.2. The molecule has 172 valence electrons. The van der Waals surface area contributed by atoms with Crippen molar-refractivity contribution < 1.29 is 17.9 Å². The van der Waals surface area contributed by atoms with E-state index in [9.17, 15) is 13.2 Å². The van der Waals surface area contributed by atoms with Gasteiger partial charge in [0, 0.05) is 24.0 Å². The van der Waals surface area contributed by atoms with Crippen molar-refractivity contribution in [1.82, 2.24) is 19.5 Å². The number of fused-ring (bicyclic) bond motifs is 1. The van der Waals surface area contributed by atoms with E-state index in [-0.39, 0.29) is 11.1 Å². The first kappa shape index (κ1) is 21.4. The van der Waals surface area contributed by atoms with E-state index in [1.807, 2.05) is 13.0 Å². The number of sulfonamides is 1. The number of nitrogens with one attached hydrogen (secondary N) is 2. The molecule has 2 heterocycles. The second-order valence-corrected chi connectivity index (χ2v) is 10.1. The van der Waals surface area contributed by atoms with Crippen molar-refractivity contribution in [2.24, 2.45) is 0 Å². The molecule has 33 heavy (non-hydrogen) atoms. The number of hydrogen-bond donors (Lipinski definition) is 2. The Balaban J connectivity index is 1.47. The van der Waals surface area contributed by atoms with Crippen LogP contribution in [0.1, 0.15) is 42.0 Å². The number of rotatable bonds is 6. The van der Waals surface area contributed by atoms with Crippen LogP contribution >= 0.6 is 0 Å². The van der Waals surface area contributed by atoms with E-state index in [1.54, 1.807) is 30.3 Å². The van der Waals surface area contributed by atoms with Gasteiger partial charge in [-0.3, -0.25) is 4.68 Å². The third-order valence-corrected chi connectivity index (χ3v) is 7.30. The normalized spacial score (nSPS) is 15.2. The molecule has 1 saturated carbocycles. The molecule has 2 aromatic heterocycles. The number of ether oxygens (including phenoxy) is 1. The van der Waals surface area contributed by atoms with Gasteiger partial charge in [0.15, 0.2) is 5.03 Å². The fraction of sp³-hybridized carbons (Fsp3) is 0.348. The highest BCUT2D eigenvalue weighted by Crippen LogP contribution is 2.40. The molecule has 5 rings (SSSR count). The number of nitrogens with zero attached hydrogens (tertiary/aromatic N) is 3. The van der Waals surface area contributed by atoms with Gasteiger partial charge in [-0.2, -0.15) is 13.5 Å². The number of carbonyl (C=O) groups excluding carboxylic acids is 1. The second kappa shape index (κ2) is 8.18. The molecule has 1 aromatic carbocycles. The van der Waals surface area contributed by atoms with Crippen LogP contribution in [0.2, 0.25) is 0 Å². The molecule has 2 N–H and O–H groups in total. The van der Waals surface area contributed by atoms with Crippen molar-refractivity contribution in [3.63, 3.8) is 0 Å². The molecule has 2 aliphatic rings. The molecule has 0 unspecified atom stereocenters. The first-order valence-electron chi connectivity index (χ1n) is 10.9. The molecule has 0 aliphatic heterocycles. The van der Waals surface area contributed by atoms with Crippen molar-refractivity contribution >= 4 is 21.7 Å². The van der Waals surface area contributed by atoms with Crippen molar-refractivity contribution in [1.29, 1.82) is 0 Å². The number of benzene rings is 1. The molecule has 2 amide bonds. The van der Waals surface area contributed by atoms with E-state index < -0.39 is 16.1 Å². The molecule has 0 bridgehead atoms. The van der Waals surface area contributed by atoms with Gasteiger partial charge in [-0.05, 0) is 73.4 Å². The Bertz CT molecular complexity index is 1340. The zero-order valence-corrected chi connectivity index (χ0v) is 19.3. The number of pyridine rings is 1. The fourth-order valence-electron chi connectivity index (χ4n) is 4.40. The van der Waals surface area contributed by atoms with Crippen LogP contribution < -0.4 is 14.8 Å². The van der Waals surface area contributed by atoms with Crippen LogP contribution in [0.3, 0.4) is 0 Å². The molecule has 0 radical (unpaired) electrons. The highest BCUT2D eigenvalue weighted by atomic mass is 32.2. The van der Waals surface area contributed by atoms with E-state index in [4.69, 9.17) is 4.74 Å². The molecule has 3 aromatic rings. The number of urea groups is 1. The second-order valence-electron chi connectivity index (χ2n) is 8.45. The minimum absolute atomic E-state index is 0.168. The number of anilines is 1. The summed E-state index contributed by atoms with van der Waals surface area (Å²) in [6.07, 6.45) is 7.94. The predicted octanol–water partition coefficient (Wildman–Crippen LogP) is 3.60. The van der Waals surface area contributed by atoms with Crippen LogP contribution in [0.25, 0.3) is 11.1 Å². The Morgan fingerprint density at radius 3 is 2.79 bits per heavy atom. The maximum absolute atomic E-state index is 12.9. The van der Waals surface area contributed by atoms with E-state index in [0.717, 1.165) is 54.4 Å². The van der Waals surface area contributed by atoms with Crippen LogP contribution in [-0.2, 0) is 22.9 Å². The van der Waals surface area contributed by atoms with Gasteiger partial charge in [-0.1, -0.05) is 6.07 Å². The van der Waals surface area contributed by atoms with Crippen LogP contribution in [-0.4, -0.2) is 36.3 Å². The summed E-state index contributed by atoms with van der Waals surface area (Å²) in [5.74, 6) is 0.455. The third kappa shape index (κ3) is 4.18. The lowest BCUT2D eigenvalue weighted by Gasteiger charge is -2.19. The standard InChI is InChI=1S/C23H25N5O4S/c1-14-12-15-4-3-5-18(15)22(21(14)16-8-10-24-19(13-16)32-2)25-23(29)27-33(30,31)20-9-11-28(26-20)17-6-7-17/h8-13,17H,3-7H2,1-2H3,(H2,25,27,29). The lowest BCUT2D eigenvalue weighted by Crippen LogP contribution is -2.35. The molecule has 1 fully saturated rings. The SMILES string of the molecule is COc1cc(-c2c(C)cc3c(c2NC(=O)NS(=O)(=O)c2ccn(C4CC4)n2)CCC3)ccn1. The number of amides is 2. The van der Waals surface area contributed by atoms with E-state index in [1.165, 1.54) is 11.6 Å². The Hall–Kier alpha value is -3.40. The van der Waals surface area contributed by atoms with Crippen LogP contribution in [0, 0.1) is 6.92 Å². The summed E-state index contributed by atoms with van der Waals surface area (Å²) in [6.45, 7) is 1.98. The first-order chi connectivity index (χ1) is 15.9. The van der Waals surface area contributed by atoms with Gasteiger partial charge in [-0.25, -0.2) is 14.5 Å². The predicted molar refractivity (Wildman–Crippen MR) is 123 cm³/mol. The summed E-state index contributed by atoms with van der Waals surface area (Å²) in [6, 6.07) is 6.61. The van der Waals surface area contributed by atoms with Crippen molar-refractivity contribution in [3.05, 3.63) is 53.3 Å². The van der Waals surface area contributed by atoms with Crippen LogP contribution in [0.4, 0.5) is 10.5 Å². The Morgan fingerprint density at radius 1 is 1.21 bits per heavy atom. The molecule has 2 aliphatic carbocycles. The fourth-order valence-corrected chi connectivity index (χ4v) is 5.24. The van der Waals surface area contributed by atoms with Crippen LogP contribution in [0.15, 0.2) is 41.7 Å². The van der Waals surface area contributed by atoms with Crippen molar-refractivity contribution in [2.75, 3.05) is 12.4 Å². The molecular weight excluding hydrogens is 442 g/mol. The zero-order valence-electron chi connectivity index (χ0n) is 18.5. The quantitative estimate of drug-likeness (QED) is 0.572. The smallest absolute Gasteiger partial charge is 0.333 e. The summed E-state index contributed by atoms with van der Waals surface area (Å²) >= 11 is 0. The third-order valence-electron chi connectivity index (χ3n) is 6.08. The van der Waals surface area contributed by atoms with Crippen molar-refractivity contribution in [2.45, 2.75) is 50.1 Å².